The van der Waals surface area contributed by atoms with Gasteiger partial charge in [-0.1, -0.05) is 77.9 Å². The van der Waals surface area contributed by atoms with Crippen molar-refractivity contribution in [1.82, 2.24) is 4.90 Å². The molecule has 5 rings (SSSR count). The van der Waals surface area contributed by atoms with Crippen LogP contribution in [0.15, 0.2) is 84.6 Å². The number of rotatable bonds is 5. The number of carbonyl (C=O) groups excluding carboxylic acids is 2. The number of likely N-dealkylation sites (tertiary alicyclic amines) is 1. The number of imide groups is 1. The van der Waals surface area contributed by atoms with Gasteiger partial charge in [0.2, 0.25) is 0 Å². The van der Waals surface area contributed by atoms with Crippen molar-refractivity contribution in [3.8, 4) is 0 Å². The highest BCUT2D eigenvalue weighted by Crippen LogP contribution is 2.37. The summed E-state index contributed by atoms with van der Waals surface area (Å²) in [5, 5.41) is 0. The maximum absolute atomic E-state index is 13.7. The van der Waals surface area contributed by atoms with Gasteiger partial charge in [-0.2, -0.15) is 0 Å². The van der Waals surface area contributed by atoms with Gasteiger partial charge < -0.3 is 4.90 Å². The van der Waals surface area contributed by atoms with Crippen molar-refractivity contribution in [3.05, 3.63) is 107 Å². The third-order valence-electron chi connectivity index (χ3n) is 6.99. The standard InChI is InChI=1S/C30H30N2O2/c1-21-8-12-25(13-9-21)27-28(30(34)32(29(27)33)26-14-10-22(2)11-15-26)31-18-16-24(17-19-31)20-23-6-4-3-5-7-23/h3-15,24H,16-20H2,1-2H3. The molecule has 0 atom stereocenters. The van der Waals surface area contributed by atoms with E-state index in [4.69, 9.17) is 0 Å². The van der Waals surface area contributed by atoms with Gasteiger partial charge in [-0.25, -0.2) is 4.90 Å². The zero-order chi connectivity index (χ0) is 23.7. The van der Waals surface area contributed by atoms with Gasteiger partial charge in [-0.15, -0.1) is 0 Å². The van der Waals surface area contributed by atoms with Crippen LogP contribution >= 0.6 is 0 Å². The van der Waals surface area contributed by atoms with Gasteiger partial charge in [-0.3, -0.25) is 9.59 Å². The van der Waals surface area contributed by atoms with E-state index in [2.05, 4.69) is 29.2 Å². The van der Waals surface area contributed by atoms with Crippen LogP contribution in [0, 0.1) is 19.8 Å². The number of carbonyl (C=O) groups is 2. The van der Waals surface area contributed by atoms with Crippen LogP contribution in [0.4, 0.5) is 5.69 Å². The van der Waals surface area contributed by atoms with Crippen molar-refractivity contribution in [1.29, 1.82) is 0 Å². The molecule has 172 valence electrons. The van der Waals surface area contributed by atoms with Gasteiger partial charge in [0, 0.05) is 13.1 Å². The third-order valence-corrected chi connectivity index (χ3v) is 6.99. The lowest BCUT2D eigenvalue weighted by molar-refractivity contribution is -0.120. The topological polar surface area (TPSA) is 40.6 Å². The summed E-state index contributed by atoms with van der Waals surface area (Å²) in [4.78, 5) is 30.9. The SMILES string of the molecule is Cc1ccc(C2=C(N3CCC(Cc4ccccc4)CC3)C(=O)N(c3ccc(C)cc3)C2=O)cc1. The van der Waals surface area contributed by atoms with Crippen molar-refractivity contribution < 1.29 is 9.59 Å². The molecule has 3 aromatic carbocycles. The van der Waals surface area contributed by atoms with E-state index in [0.29, 0.717) is 22.9 Å². The van der Waals surface area contributed by atoms with E-state index < -0.39 is 0 Å². The van der Waals surface area contributed by atoms with Crippen LogP contribution in [0.1, 0.15) is 35.1 Å². The van der Waals surface area contributed by atoms with Crippen LogP contribution in [-0.4, -0.2) is 29.8 Å². The molecule has 0 radical (unpaired) electrons. The van der Waals surface area contributed by atoms with Crippen LogP contribution in [-0.2, 0) is 16.0 Å². The molecule has 2 amide bonds. The van der Waals surface area contributed by atoms with Crippen LogP contribution in [0.3, 0.4) is 0 Å². The van der Waals surface area contributed by atoms with Crippen LogP contribution in [0.5, 0.6) is 0 Å². The van der Waals surface area contributed by atoms with Crippen molar-refractivity contribution in [2.75, 3.05) is 18.0 Å². The summed E-state index contributed by atoms with van der Waals surface area (Å²) < 4.78 is 0. The Labute approximate surface area is 201 Å². The number of aryl methyl sites for hydroxylation is 2. The zero-order valence-electron chi connectivity index (χ0n) is 19.8. The van der Waals surface area contributed by atoms with Crippen LogP contribution in [0.25, 0.3) is 5.57 Å². The van der Waals surface area contributed by atoms with Crippen molar-refractivity contribution in [3.63, 3.8) is 0 Å². The van der Waals surface area contributed by atoms with E-state index in [1.54, 1.807) is 0 Å². The summed E-state index contributed by atoms with van der Waals surface area (Å²) >= 11 is 0. The van der Waals surface area contributed by atoms with Gasteiger partial charge in [0.25, 0.3) is 11.8 Å². The minimum atomic E-state index is -0.237. The molecule has 0 spiro atoms. The Morgan fingerprint density at radius 2 is 1.32 bits per heavy atom. The monoisotopic (exact) mass is 450 g/mol. The fourth-order valence-corrected chi connectivity index (χ4v) is 5.03. The molecule has 0 aromatic heterocycles. The zero-order valence-corrected chi connectivity index (χ0v) is 19.8. The van der Waals surface area contributed by atoms with Crippen LogP contribution < -0.4 is 4.90 Å². The highest BCUT2D eigenvalue weighted by atomic mass is 16.2. The number of hydrogen-bond donors (Lipinski definition) is 0. The highest BCUT2D eigenvalue weighted by Gasteiger charge is 2.43. The fourth-order valence-electron chi connectivity index (χ4n) is 5.03. The second-order valence-electron chi connectivity index (χ2n) is 9.49. The van der Waals surface area contributed by atoms with E-state index in [-0.39, 0.29) is 11.8 Å². The van der Waals surface area contributed by atoms with Gasteiger partial charge >= 0.3 is 0 Å². The predicted molar refractivity (Wildman–Crippen MR) is 136 cm³/mol. The number of hydrogen-bond acceptors (Lipinski definition) is 3. The van der Waals surface area contributed by atoms with Crippen molar-refractivity contribution in [2.45, 2.75) is 33.1 Å². The summed E-state index contributed by atoms with van der Waals surface area (Å²) in [7, 11) is 0. The van der Waals surface area contributed by atoms with Crippen molar-refractivity contribution in [2.24, 2.45) is 5.92 Å². The fraction of sp³-hybridized carbons (Fsp3) is 0.267. The molecule has 34 heavy (non-hydrogen) atoms. The molecule has 4 heteroatoms. The highest BCUT2D eigenvalue weighted by molar-refractivity contribution is 6.45. The molecule has 0 N–H and O–H groups in total. The number of anilines is 1. The maximum Gasteiger partial charge on any atom is 0.282 e. The largest absolute Gasteiger partial charge is 0.366 e. The molecular formula is C30H30N2O2. The summed E-state index contributed by atoms with van der Waals surface area (Å²) in [6, 6.07) is 26.1. The molecule has 0 saturated carbocycles. The summed E-state index contributed by atoms with van der Waals surface area (Å²) in [6.07, 6.45) is 3.07. The number of benzene rings is 3. The lowest BCUT2D eigenvalue weighted by atomic mass is 9.89. The predicted octanol–water partition coefficient (Wildman–Crippen LogP) is 5.54. The minimum Gasteiger partial charge on any atom is -0.366 e. The second kappa shape index (κ2) is 9.30. The first-order valence-corrected chi connectivity index (χ1v) is 12.1. The first kappa shape index (κ1) is 22.1. The normalized spacial score (nSPS) is 17.1. The molecule has 0 bridgehead atoms. The Kier molecular flexibility index (Phi) is 6.06. The van der Waals surface area contributed by atoms with Gasteiger partial charge in [0.15, 0.2) is 0 Å². The van der Waals surface area contributed by atoms with E-state index in [1.165, 1.54) is 10.5 Å². The third kappa shape index (κ3) is 4.28. The first-order valence-electron chi connectivity index (χ1n) is 12.1. The average Bonchev–Trinajstić information content (AvgIpc) is 3.11. The lowest BCUT2D eigenvalue weighted by Gasteiger charge is -2.34. The Bertz CT molecular complexity index is 1220. The van der Waals surface area contributed by atoms with Gasteiger partial charge in [0.1, 0.15) is 5.70 Å². The summed E-state index contributed by atoms with van der Waals surface area (Å²) in [6.45, 7) is 5.58. The molecule has 2 aliphatic heterocycles. The Hall–Kier alpha value is -3.66. The molecule has 2 heterocycles. The van der Waals surface area contributed by atoms with E-state index >= 15 is 0 Å². The molecule has 0 unspecified atom stereocenters. The average molecular weight is 451 g/mol. The number of piperidine rings is 1. The molecule has 4 nitrogen and oxygen atoms in total. The smallest absolute Gasteiger partial charge is 0.282 e. The molecule has 1 fully saturated rings. The quantitative estimate of drug-likeness (QED) is 0.479. The lowest BCUT2D eigenvalue weighted by Crippen LogP contribution is -2.39. The number of amides is 2. The Morgan fingerprint density at radius 3 is 1.94 bits per heavy atom. The molecule has 0 aliphatic carbocycles. The second-order valence-corrected chi connectivity index (χ2v) is 9.49. The van der Waals surface area contributed by atoms with E-state index in [0.717, 1.165) is 49.0 Å². The van der Waals surface area contributed by atoms with Crippen LogP contribution in [0.2, 0.25) is 0 Å². The summed E-state index contributed by atoms with van der Waals surface area (Å²) in [5.41, 5.74) is 6.08. The Morgan fingerprint density at radius 1 is 0.735 bits per heavy atom. The molecule has 2 aliphatic rings. The maximum atomic E-state index is 13.7. The van der Waals surface area contributed by atoms with E-state index in [1.807, 2.05) is 68.4 Å². The first-order chi connectivity index (χ1) is 16.5. The van der Waals surface area contributed by atoms with E-state index in [9.17, 15) is 9.59 Å². The summed E-state index contributed by atoms with van der Waals surface area (Å²) in [5.74, 6) is 0.132. The van der Waals surface area contributed by atoms with Gasteiger partial charge in [-0.05, 0) is 62.3 Å². The molecule has 3 aromatic rings. The molecule has 1 saturated heterocycles. The molecular weight excluding hydrogens is 420 g/mol. The van der Waals surface area contributed by atoms with Crippen molar-refractivity contribution >= 4 is 23.1 Å². The minimum absolute atomic E-state index is 0.217. The number of nitrogens with zero attached hydrogens (tertiary/aromatic N) is 2. The van der Waals surface area contributed by atoms with Gasteiger partial charge in [0.05, 0.1) is 11.3 Å². The Balaban J connectivity index is 1.44.